The van der Waals surface area contributed by atoms with Crippen molar-refractivity contribution in [1.29, 1.82) is 0 Å². The third kappa shape index (κ3) is 4.42. The first-order valence-corrected chi connectivity index (χ1v) is 16.5. The number of fused-ring (bicyclic) bond motifs is 3. The molecule has 4 heteroatoms. The lowest BCUT2D eigenvalue weighted by atomic mass is 9.94. The molecule has 2 heterocycles. The Kier molecular flexibility index (Phi) is 6.15. The monoisotopic (exact) mass is 628 g/mol. The van der Waals surface area contributed by atoms with Crippen LogP contribution in [0.3, 0.4) is 0 Å². The van der Waals surface area contributed by atoms with Crippen LogP contribution in [-0.2, 0) is 0 Å². The number of oxazole rings is 1. The van der Waals surface area contributed by atoms with Gasteiger partial charge in [0.15, 0.2) is 5.58 Å². The highest BCUT2D eigenvalue weighted by atomic mass is 16.3. The maximum Gasteiger partial charge on any atom is 0.227 e. The zero-order valence-electron chi connectivity index (χ0n) is 26.4. The Balaban J connectivity index is 1.07. The summed E-state index contributed by atoms with van der Waals surface area (Å²) < 4.78 is 12.7. The van der Waals surface area contributed by atoms with E-state index in [4.69, 9.17) is 13.8 Å². The molecule has 0 aliphatic heterocycles. The minimum absolute atomic E-state index is 0.596. The lowest BCUT2D eigenvalue weighted by Crippen LogP contribution is -2.09. The van der Waals surface area contributed by atoms with Gasteiger partial charge in [-0.3, -0.25) is 0 Å². The van der Waals surface area contributed by atoms with Gasteiger partial charge in [-0.2, -0.15) is 0 Å². The summed E-state index contributed by atoms with van der Waals surface area (Å²) in [4.78, 5) is 7.35. The van der Waals surface area contributed by atoms with E-state index in [1.165, 1.54) is 16.7 Å². The summed E-state index contributed by atoms with van der Waals surface area (Å²) in [5, 5.41) is 4.25. The van der Waals surface area contributed by atoms with Crippen LogP contribution in [0, 0.1) is 0 Å². The lowest BCUT2D eigenvalue weighted by Gasteiger charge is -2.26. The van der Waals surface area contributed by atoms with Crippen LogP contribution in [0.15, 0.2) is 179 Å². The Morgan fingerprint density at radius 1 is 0.408 bits per heavy atom. The van der Waals surface area contributed by atoms with E-state index >= 15 is 0 Å². The number of anilines is 3. The zero-order valence-corrected chi connectivity index (χ0v) is 26.4. The average molecular weight is 629 g/mol. The van der Waals surface area contributed by atoms with Crippen molar-refractivity contribution in [2.24, 2.45) is 0 Å². The van der Waals surface area contributed by atoms with Crippen molar-refractivity contribution in [1.82, 2.24) is 4.98 Å². The molecule has 0 aliphatic rings. The van der Waals surface area contributed by atoms with E-state index in [1.54, 1.807) is 0 Å². The van der Waals surface area contributed by atoms with Gasteiger partial charge < -0.3 is 13.7 Å². The normalized spacial score (nSPS) is 11.7. The summed E-state index contributed by atoms with van der Waals surface area (Å²) in [6, 6.07) is 59.2. The summed E-state index contributed by atoms with van der Waals surface area (Å²) in [5.41, 5.74) is 12.2. The molecule has 0 unspecified atom stereocenters. The summed E-state index contributed by atoms with van der Waals surface area (Å²) in [7, 11) is 0. The number of furan rings is 1. The molecule has 8 aromatic carbocycles. The fourth-order valence-electron chi connectivity index (χ4n) is 7.26. The van der Waals surface area contributed by atoms with E-state index in [0.717, 1.165) is 72.0 Å². The molecule has 0 bridgehead atoms. The molecule has 0 saturated carbocycles. The van der Waals surface area contributed by atoms with E-state index in [-0.39, 0.29) is 0 Å². The van der Waals surface area contributed by atoms with Crippen molar-refractivity contribution in [3.63, 3.8) is 0 Å². The van der Waals surface area contributed by atoms with Crippen molar-refractivity contribution < 1.29 is 8.83 Å². The van der Waals surface area contributed by atoms with Crippen LogP contribution in [0.4, 0.5) is 17.1 Å². The third-order valence-corrected chi connectivity index (χ3v) is 9.46. The van der Waals surface area contributed by atoms with Gasteiger partial charge in [-0.25, -0.2) is 4.98 Å². The van der Waals surface area contributed by atoms with Gasteiger partial charge in [-0.1, -0.05) is 109 Å². The Morgan fingerprint density at radius 2 is 0.980 bits per heavy atom. The fraction of sp³-hybridized carbons (Fsp3) is 0. The molecule has 10 rings (SSSR count). The van der Waals surface area contributed by atoms with Crippen molar-refractivity contribution >= 4 is 60.9 Å². The highest BCUT2D eigenvalue weighted by Gasteiger charge is 2.22. The van der Waals surface area contributed by atoms with Crippen LogP contribution in [0.2, 0.25) is 0 Å². The number of aromatic nitrogens is 1. The molecular formula is C45H28N2O2. The standard InChI is InChI=1S/C45H28N2O2/c1-3-12-29(13-4-1)35-18-7-8-19-36(35)31-14-9-17-34(28-31)47(32-15-5-2-6-16-32)33-26-24-30(25-27-33)45-46-43-37-20-10-22-39-41(37)42-38(44(43)49-45)21-11-23-40(42)48-39/h1-28H. The highest BCUT2D eigenvalue weighted by Crippen LogP contribution is 2.44. The summed E-state index contributed by atoms with van der Waals surface area (Å²) in [6.07, 6.45) is 0. The van der Waals surface area contributed by atoms with E-state index in [1.807, 2.05) is 24.3 Å². The summed E-state index contributed by atoms with van der Waals surface area (Å²) >= 11 is 0. The van der Waals surface area contributed by atoms with Crippen molar-refractivity contribution in [2.75, 3.05) is 4.90 Å². The minimum atomic E-state index is 0.596. The van der Waals surface area contributed by atoms with Crippen molar-refractivity contribution in [3.8, 4) is 33.7 Å². The SMILES string of the molecule is c1ccc(-c2ccccc2-c2cccc(N(c3ccccc3)c3ccc(-c4nc5c6cccc7oc8cccc(c5o4)c8c76)cc3)c2)cc1. The number of para-hydroxylation sites is 1. The molecule has 0 saturated heterocycles. The number of hydrogen-bond acceptors (Lipinski definition) is 4. The van der Waals surface area contributed by atoms with Crippen molar-refractivity contribution in [3.05, 3.63) is 170 Å². The summed E-state index contributed by atoms with van der Waals surface area (Å²) in [6.45, 7) is 0. The smallest absolute Gasteiger partial charge is 0.227 e. The van der Waals surface area contributed by atoms with Gasteiger partial charge in [0.1, 0.15) is 16.7 Å². The molecule has 2 aromatic heterocycles. The Hall–Kier alpha value is -6.65. The molecular weight excluding hydrogens is 601 g/mol. The number of rotatable bonds is 6. The van der Waals surface area contributed by atoms with Gasteiger partial charge in [0.2, 0.25) is 5.89 Å². The zero-order chi connectivity index (χ0) is 32.3. The first-order valence-electron chi connectivity index (χ1n) is 16.5. The Bertz CT molecular complexity index is 2680. The topological polar surface area (TPSA) is 42.4 Å². The largest absolute Gasteiger partial charge is 0.456 e. The molecule has 0 spiro atoms. The molecule has 230 valence electrons. The van der Waals surface area contributed by atoms with Gasteiger partial charge in [0.05, 0.1) is 0 Å². The second-order valence-corrected chi connectivity index (χ2v) is 12.3. The molecule has 10 aromatic rings. The van der Waals surface area contributed by atoms with E-state index in [9.17, 15) is 0 Å². The third-order valence-electron chi connectivity index (χ3n) is 9.46. The second-order valence-electron chi connectivity index (χ2n) is 12.3. The van der Waals surface area contributed by atoms with Crippen LogP contribution in [-0.4, -0.2) is 4.98 Å². The van der Waals surface area contributed by atoms with Gasteiger partial charge in [0, 0.05) is 44.2 Å². The number of hydrogen-bond donors (Lipinski definition) is 0. The predicted octanol–water partition coefficient (Wildman–Crippen LogP) is 12.8. The van der Waals surface area contributed by atoms with Crippen LogP contribution >= 0.6 is 0 Å². The lowest BCUT2D eigenvalue weighted by molar-refractivity contribution is 0.623. The first kappa shape index (κ1) is 27.5. The molecule has 0 atom stereocenters. The minimum Gasteiger partial charge on any atom is -0.456 e. The predicted molar refractivity (Wildman–Crippen MR) is 201 cm³/mol. The average Bonchev–Trinajstić information content (AvgIpc) is 3.80. The maximum atomic E-state index is 6.56. The number of benzene rings is 8. The van der Waals surface area contributed by atoms with Crippen molar-refractivity contribution in [2.45, 2.75) is 0 Å². The molecule has 0 N–H and O–H groups in total. The van der Waals surface area contributed by atoms with Crippen LogP contribution in [0.25, 0.3) is 77.5 Å². The van der Waals surface area contributed by atoms with Gasteiger partial charge >= 0.3 is 0 Å². The van der Waals surface area contributed by atoms with Crippen LogP contribution in [0.5, 0.6) is 0 Å². The van der Waals surface area contributed by atoms with Gasteiger partial charge in [-0.05, 0) is 82.9 Å². The molecule has 0 amide bonds. The first-order chi connectivity index (χ1) is 24.3. The van der Waals surface area contributed by atoms with E-state index in [2.05, 4.69) is 150 Å². The Morgan fingerprint density at radius 3 is 1.73 bits per heavy atom. The molecule has 0 radical (unpaired) electrons. The van der Waals surface area contributed by atoms with Crippen LogP contribution in [0.1, 0.15) is 0 Å². The quantitative estimate of drug-likeness (QED) is 0.172. The van der Waals surface area contributed by atoms with E-state index < -0.39 is 0 Å². The molecule has 49 heavy (non-hydrogen) atoms. The molecule has 0 aliphatic carbocycles. The maximum absolute atomic E-state index is 6.56. The number of nitrogens with zero attached hydrogens (tertiary/aromatic N) is 2. The van der Waals surface area contributed by atoms with E-state index in [0.29, 0.717) is 5.89 Å². The Labute approximate surface area is 282 Å². The van der Waals surface area contributed by atoms with Gasteiger partial charge in [0.25, 0.3) is 0 Å². The molecule has 0 fully saturated rings. The summed E-state index contributed by atoms with van der Waals surface area (Å²) in [5.74, 6) is 0.596. The fourth-order valence-corrected chi connectivity index (χ4v) is 7.26. The van der Waals surface area contributed by atoms with Crippen LogP contribution < -0.4 is 4.90 Å². The highest BCUT2D eigenvalue weighted by molar-refractivity contribution is 6.31. The second kappa shape index (κ2) is 11.0. The molecule has 4 nitrogen and oxygen atoms in total. The van der Waals surface area contributed by atoms with Gasteiger partial charge in [-0.15, -0.1) is 0 Å².